The Kier molecular flexibility index (Phi) is 4.89. The summed E-state index contributed by atoms with van der Waals surface area (Å²) < 4.78 is 13.6. The molecule has 1 saturated carbocycles. The molecule has 0 aliphatic heterocycles. The molecule has 0 spiro atoms. The van der Waals surface area contributed by atoms with E-state index in [0.717, 1.165) is 31.7 Å². The third-order valence-corrected chi connectivity index (χ3v) is 3.77. The highest BCUT2D eigenvalue weighted by Crippen LogP contribution is 2.30. The number of nitro groups is 1. The maximum Gasteiger partial charge on any atom is 0.274 e. The summed E-state index contributed by atoms with van der Waals surface area (Å²) >= 11 is 0. The van der Waals surface area contributed by atoms with E-state index < -0.39 is 10.7 Å². The molecule has 110 valence electrons. The van der Waals surface area contributed by atoms with Crippen molar-refractivity contribution in [3.8, 4) is 0 Å². The largest absolute Gasteiger partial charge is 0.395 e. The highest BCUT2D eigenvalue weighted by molar-refractivity contribution is 5.54. The molecule has 1 aromatic rings. The van der Waals surface area contributed by atoms with Crippen LogP contribution in [0.25, 0.3) is 0 Å². The van der Waals surface area contributed by atoms with Gasteiger partial charge in [0, 0.05) is 24.3 Å². The molecule has 0 bridgehead atoms. The van der Waals surface area contributed by atoms with E-state index in [1.54, 1.807) is 0 Å². The fourth-order valence-electron chi connectivity index (χ4n) is 2.85. The van der Waals surface area contributed by atoms with Crippen LogP contribution in [0.2, 0.25) is 0 Å². The minimum Gasteiger partial charge on any atom is -0.395 e. The number of nitrogens with zero attached hydrogens (tertiary/aromatic N) is 2. The summed E-state index contributed by atoms with van der Waals surface area (Å²) in [5.74, 6) is -0.618. The summed E-state index contributed by atoms with van der Waals surface area (Å²) in [6.07, 6.45) is 5.34. The molecule has 6 heteroatoms. The number of aliphatic hydroxyl groups is 1. The molecule has 0 radical (unpaired) electrons. The molecule has 0 atom stereocenters. The summed E-state index contributed by atoms with van der Waals surface area (Å²) in [5, 5.41) is 20.0. The number of hydrogen-bond acceptors (Lipinski definition) is 4. The first-order valence-electron chi connectivity index (χ1n) is 6.94. The molecule has 0 amide bonds. The number of nitro benzene ring substituents is 1. The molecule has 0 aromatic heterocycles. The van der Waals surface area contributed by atoms with Crippen molar-refractivity contribution >= 4 is 11.4 Å². The van der Waals surface area contributed by atoms with Gasteiger partial charge in [0.1, 0.15) is 5.82 Å². The minimum atomic E-state index is -0.618. The third kappa shape index (κ3) is 3.45. The normalized spacial score (nSPS) is 16.1. The van der Waals surface area contributed by atoms with Gasteiger partial charge in [0.05, 0.1) is 17.6 Å². The van der Waals surface area contributed by atoms with Crippen molar-refractivity contribution in [1.29, 1.82) is 0 Å². The van der Waals surface area contributed by atoms with E-state index >= 15 is 0 Å². The molecule has 1 aliphatic carbocycles. The lowest BCUT2D eigenvalue weighted by molar-refractivity contribution is -0.385. The smallest absolute Gasteiger partial charge is 0.274 e. The monoisotopic (exact) mass is 282 g/mol. The lowest BCUT2D eigenvalue weighted by Gasteiger charge is -2.35. The highest BCUT2D eigenvalue weighted by Gasteiger charge is 2.23. The van der Waals surface area contributed by atoms with Crippen LogP contribution in [0, 0.1) is 15.9 Å². The first kappa shape index (κ1) is 14.7. The number of non-ortho nitro benzene ring substituents is 1. The average molecular weight is 282 g/mol. The van der Waals surface area contributed by atoms with Crippen molar-refractivity contribution in [1.82, 2.24) is 0 Å². The van der Waals surface area contributed by atoms with E-state index in [1.807, 2.05) is 4.90 Å². The number of rotatable bonds is 5. The maximum atomic E-state index is 13.6. The molecule has 20 heavy (non-hydrogen) atoms. The Bertz CT molecular complexity index is 475. The summed E-state index contributed by atoms with van der Waals surface area (Å²) in [7, 11) is 0. The number of aliphatic hydroxyl groups excluding tert-OH is 1. The number of hydrogen-bond donors (Lipinski definition) is 1. The minimum absolute atomic E-state index is 0.0548. The van der Waals surface area contributed by atoms with Gasteiger partial charge >= 0.3 is 0 Å². The Labute approximate surface area is 117 Å². The van der Waals surface area contributed by atoms with Gasteiger partial charge < -0.3 is 10.0 Å². The van der Waals surface area contributed by atoms with Crippen LogP contribution in [0.15, 0.2) is 18.2 Å². The van der Waals surface area contributed by atoms with E-state index in [2.05, 4.69) is 0 Å². The van der Waals surface area contributed by atoms with Crippen molar-refractivity contribution in [2.75, 3.05) is 18.1 Å². The van der Waals surface area contributed by atoms with Crippen molar-refractivity contribution in [2.24, 2.45) is 0 Å². The van der Waals surface area contributed by atoms with Gasteiger partial charge in [-0.1, -0.05) is 19.3 Å². The van der Waals surface area contributed by atoms with Gasteiger partial charge in [-0.15, -0.1) is 0 Å². The van der Waals surface area contributed by atoms with Crippen molar-refractivity contribution in [3.63, 3.8) is 0 Å². The molecule has 5 nitrogen and oxygen atoms in total. The number of halogens is 1. The average Bonchev–Trinajstić information content (AvgIpc) is 2.45. The second-order valence-corrected chi connectivity index (χ2v) is 5.13. The van der Waals surface area contributed by atoms with Gasteiger partial charge in [0.2, 0.25) is 0 Å². The zero-order valence-corrected chi connectivity index (χ0v) is 11.3. The zero-order valence-electron chi connectivity index (χ0n) is 11.3. The SMILES string of the molecule is O=[N+]([O-])c1cc(F)cc(N(CCO)C2CCCCC2)c1. The number of benzene rings is 1. The van der Waals surface area contributed by atoms with Crippen LogP contribution in [0.5, 0.6) is 0 Å². The quantitative estimate of drug-likeness (QED) is 0.666. The van der Waals surface area contributed by atoms with Crippen molar-refractivity contribution < 1.29 is 14.4 Å². The van der Waals surface area contributed by atoms with Crippen LogP contribution in [-0.2, 0) is 0 Å². The zero-order chi connectivity index (χ0) is 14.5. The summed E-state index contributed by atoms with van der Waals surface area (Å²) in [5.41, 5.74) is 0.233. The number of anilines is 1. The predicted octanol–water partition coefficient (Wildman–Crippen LogP) is 2.87. The molecule has 1 N–H and O–H groups in total. The molecule has 1 aliphatic rings. The second-order valence-electron chi connectivity index (χ2n) is 5.13. The van der Waals surface area contributed by atoms with Gasteiger partial charge in [-0.25, -0.2) is 4.39 Å². The molecule has 0 unspecified atom stereocenters. The molecular weight excluding hydrogens is 263 g/mol. The van der Waals surface area contributed by atoms with E-state index in [-0.39, 0.29) is 18.3 Å². The van der Waals surface area contributed by atoms with Crippen LogP contribution in [0.3, 0.4) is 0 Å². The molecule has 1 fully saturated rings. The van der Waals surface area contributed by atoms with Crippen molar-refractivity contribution in [2.45, 2.75) is 38.1 Å². The summed E-state index contributed by atoms with van der Waals surface area (Å²) in [6.45, 7) is 0.312. The molecule has 0 heterocycles. The summed E-state index contributed by atoms with van der Waals surface area (Å²) in [6, 6.07) is 3.82. The van der Waals surface area contributed by atoms with Gasteiger partial charge in [-0.2, -0.15) is 0 Å². The van der Waals surface area contributed by atoms with Crippen LogP contribution >= 0.6 is 0 Å². The Morgan fingerprint density at radius 2 is 2.00 bits per heavy atom. The maximum absolute atomic E-state index is 13.6. The van der Waals surface area contributed by atoms with Crippen molar-refractivity contribution in [3.05, 3.63) is 34.1 Å². The topological polar surface area (TPSA) is 66.6 Å². The predicted molar refractivity (Wildman–Crippen MR) is 74.4 cm³/mol. The van der Waals surface area contributed by atoms with E-state index in [4.69, 9.17) is 0 Å². The molecule has 1 aromatic carbocycles. The van der Waals surface area contributed by atoms with Crippen LogP contribution in [0.4, 0.5) is 15.8 Å². The highest BCUT2D eigenvalue weighted by atomic mass is 19.1. The first-order chi connectivity index (χ1) is 9.61. The Morgan fingerprint density at radius 3 is 2.60 bits per heavy atom. The van der Waals surface area contributed by atoms with Crippen LogP contribution in [0.1, 0.15) is 32.1 Å². The Hall–Kier alpha value is -1.69. The van der Waals surface area contributed by atoms with E-state index in [0.29, 0.717) is 12.2 Å². The van der Waals surface area contributed by atoms with Gasteiger partial charge in [0.15, 0.2) is 0 Å². The Morgan fingerprint density at radius 1 is 1.30 bits per heavy atom. The standard InChI is InChI=1S/C14H19FN2O3/c15-11-8-13(10-14(9-11)17(19)20)16(6-7-18)12-4-2-1-3-5-12/h8-10,12,18H,1-7H2. The van der Waals surface area contributed by atoms with Gasteiger partial charge in [0.25, 0.3) is 5.69 Å². The van der Waals surface area contributed by atoms with Gasteiger partial charge in [-0.3, -0.25) is 10.1 Å². The Balaban J connectivity index is 2.30. The third-order valence-electron chi connectivity index (χ3n) is 3.77. The lowest BCUT2D eigenvalue weighted by atomic mass is 9.93. The molecule has 2 rings (SSSR count). The van der Waals surface area contributed by atoms with Gasteiger partial charge in [-0.05, 0) is 18.9 Å². The fraction of sp³-hybridized carbons (Fsp3) is 0.571. The molecular formula is C14H19FN2O3. The second kappa shape index (κ2) is 6.65. The van der Waals surface area contributed by atoms with Crippen LogP contribution in [-0.4, -0.2) is 29.2 Å². The van der Waals surface area contributed by atoms with E-state index in [1.165, 1.54) is 18.6 Å². The first-order valence-corrected chi connectivity index (χ1v) is 6.94. The fourth-order valence-corrected chi connectivity index (χ4v) is 2.85. The summed E-state index contributed by atoms with van der Waals surface area (Å²) in [4.78, 5) is 12.1. The molecule has 0 saturated heterocycles. The lowest BCUT2D eigenvalue weighted by Crippen LogP contribution is -2.38. The van der Waals surface area contributed by atoms with Crippen LogP contribution < -0.4 is 4.90 Å². The van der Waals surface area contributed by atoms with E-state index in [9.17, 15) is 19.6 Å².